The number of amides is 1. The summed E-state index contributed by atoms with van der Waals surface area (Å²) in [7, 11) is -3.50. The normalized spacial score (nSPS) is 11.6. The number of aromatic nitrogens is 2. The molecule has 7 nitrogen and oxygen atoms in total. The molecule has 2 N–H and O–H groups in total. The maximum Gasteiger partial charge on any atom is 0.244 e. The molecule has 1 aromatic heterocycles. The first-order valence-corrected chi connectivity index (χ1v) is 12.7. The van der Waals surface area contributed by atoms with Gasteiger partial charge in [0.25, 0.3) is 0 Å². The average Bonchev–Trinajstić information content (AvgIpc) is 3.32. The van der Waals surface area contributed by atoms with Crippen LogP contribution in [0.25, 0.3) is 23.0 Å². The predicted octanol–water partition coefficient (Wildman–Crippen LogP) is 4.17. The Bertz CT molecular complexity index is 1410. The van der Waals surface area contributed by atoms with Crippen LogP contribution in [-0.2, 0) is 21.4 Å². The number of rotatable bonds is 9. The molecule has 0 spiro atoms. The largest absolute Gasteiger partial charge is 0.348 e. The van der Waals surface area contributed by atoms with Gasteiger partial charge in [-0.3, -0.25) is 4.79 Å². The van der Waals surface area contributed by atoms with Gasteiger partial charge in [0.2, 0.25) is 15.9 Å². The minimum atomic E-state index is -3.50. The molecule has 0 aliphatic rings. The molecule has 8 heteroatoms. The molecular formula is C27H26N4O3S. The molecule has 0 atom stereocenters. The minimum absolute atomic E-state index is 0.185. The zero-order valence-electron chi connectivity index (χ0n) is 19.3. The summed E-state index contributed by atoms with van der Waals surface area (Å²) in [5.41, 5.74) is 4.31. The van der Waals surface area contributed by atoms with Gasteiger partial charge in [0.15, 0.2) is 0 Å². The van der Waals surface area contributed by atoms with Gasteiger partial charge in [-0.15, -0.1) is 0 Å². The summed E-state index contributed by atoms with van der Waals surface area (Å²) in [5, 5.41) is 7.67. The van der Waals surface area contributed by atoms with Crippen LogP contribution in [-0.4, -0.2) is 30.7 Å². The van der Waals surface area contributed by atoms with E-state index in [1.807, 2.05) is 71.5 Å². The van der Waals surface area contributed by atoms with Crippen LogP contribution in [0.1, 0.15) is 18.1 Å². The van der Waals surface area contributed by atoms with E-state index in [4.69, 9.17) is 5.10 Å². The van der Waals surface area contributed by atoms with E-state index < -0.39 is 10.0 Å². The fourth-order valence-electron chi connectivity index (χ4n) is 3.54. The van der Waals surface area contributed by atoms with Crippen LogP contribution in [0.5, 0.6) is 0 Å². The molecule has 0 saturated carbocycles. The summed E-state index contributed by atoms with van der Waals surface area (Å²) >= 11 is 0. The Morgan fingerprint density at radius 1 is 0.943 bits per heavy atom. The summed E-state index contributed by atoms with van der Waals surface area (Å²) in [4.78, 5) is 12.7. The van der Waals surface area contributed by atoms with Crippen molar-refractivity contribution >= 4 is 22.0 Å². The molecule has 0 radical (unpaired) electrons. The van der Waals surface area contributed by atoms with Gasteiger partial charge < -0.3 is 5.32 Å². The second-order valence-corrected chi connectivity index (χ2v) is 9.54. The first-order chi connectivity index (χ1) is 17.0. The monoisotopic (exact) mass is 486 g/mol. The van der Waals surface area contributed by atoms with E-state index in [2.05, 4.69) is 10.0 Å². The van der Waals surface area contributed by atoms with Gasteiger partial charge in [-0.05, 0) is 35.9 Å². The lowest BCUT2D eigenvalue weighted by atomic mass is 10.1. The molecule has 0 aliphatic heterocycles. The lowest BCUT2D eigenvalue weighted by Gasteiger charge is -2.05. The highest BCUT2D eigenvalue weighted by Crippen LogP contribution is 2.23. The highest BCUT2D eigenvalue weighted by atomic mass is 32.2. The molecule has 3 aromatic carbocycles. The van der Waals surface area contributed by atoms with Crippen LogP contribution in [0.4, 0.5) is 0 Å². The van der Waals surface area contributed by atoms with Crippen molar-refractivity contribution in [2.75, 3.05) is 6.54 Å². The first-order valence-electron chi connectivity index (χ1n) is 11.2. The predicted molar refractivity (Wildman–Crippen MR) is 137 cm³/mol. The molecule has 35 heavy (non-hydrogen) atoms. The van der Waals surface area contributed by atoms with Crippen LogP contribution in [0.3, 0.4) is 0 Å². The summed E-state index contributed by atoms with van der Waals surface area (Å²) in [6.07, 6.45) is 4.99. The Hall–Kier alpha value is -4.01. The van der Waals surface area contributed by atoms with E-state index in [9.17, 15) is 13.2 Å². The maximum absolute atomic E-state index is 12.5. The Balaban J connectivity index is 1.47. The molecule has 4 aromatic rings. The molecular weight excluding hydrogens is 460 g/mol. The number of benzene rings is 3. The Morgan fingerprint density at radius 2 is 1.60 bits per heavy atom. The number of hydrogen-bond donors (Lipinski definition) is 2. The topological polar surface area (TPSA) is 93.1 Å². The molecule has 1 amide bonds. The van der Waals surface area contributed by atoms with Crippen molar-refractivity contribution in [3.8, 4) is 16.9 Å². The molecule has 178 valence electrons. The van der Waals surface area contributed by atoms with Crippen molar-refractivity contribution in [3.05, 3.63) is 108 Å². The van der Waals surface area contributed by atoms with Gasteiger partial charge in [0, 0.05) is 36.5 Å². The smallest absolute Gasteiger partial charge is 0.244 e. The van der Waals surface area contributed by atoms with Crippen molar-refractivity contribution in [3.63, 3.8) is 0 Å². The van der Waals surface area contributed by atoms with Crippen molar-refractivity contribution in [1.82, 2.24) is 19.8 Å². The lowest BCUT2D eigenvalue weighted by Crippen LogP contribution is -2.23. The second-order valence-electron chi connectivity index (χ2n) is 7.77. The highest BCUT2D eigenvalue weighted by molar-refractivity contribution is 7.89. The van der Waals surface area contributed by atoms with Crippen molar-refractivity contribution in [2.45, 2.75) is 18.4 Å². The van der Waals surface area contributed by atoms with Crippen molar-refractivity contribution < 1.29 is 13.2 Å². The van der Waals surface area contributed by atoms with Crippen LogP contribution < -0.4 is 10.0 Å². The number of nitrogens with one attached hydrogen (secondary N) is 2. The number of carbonyl (C=O) groups is 1. The molecule has 0 aliphatic carbocycles. The fraction of sp³-hybridized carbons (Fsp3) is 0.111. The van der Waals surface area contributed by atoms with Crippen LogP contribution in [0.15, 0.2) is 102 Å². The average molecular weight is 487 g/mol. The lowest BCUT2D eigenvalue weighted by molar-refractivity contribution is -0.116. The van der Waals surface area contributed by atoms with E-state index in [0.29, 0.717) is 13.1 Å². The van der Waals surface area contributed by atoms with Crippen LogP contribution in [0, 0.1) is 0 Å². The van der Waals surface area contributed by atoms with E-state index in [0.717, 1.165) is 28.1 Å². The number of hydrogen-bond acceptors (Lipinski definition) is 4. The summed E-state index contributed by atoms with van der Waals surface area (Å²) in [6.45, 7) is 2.35. The molecule has 0 saturated heterocycles. The molecule has 0 bridgehead atoms. The molecule has 4 rings (SSSR count). The molecule has 0 unspecified atom stereocenters. The standard InChI is InChI=1S/C27H26N4O3S/c1-2-29-35(33,34)25-16-13-21(14-17-25)15-18-26(32)28-19-23-20-31(24-11-7-4-8-12-24)30-27(23)22-9-5-3-6-10-22/h3-18,20,29H,2,19H2,1H3,(H,28,32)/b18-15+. The van der Waals surface area contributed by atoms with Gasteiger partial charge >= 0.3 is 0 Å². The quantitative estimate of drug-likeness (QED) is 0.347. The van der Waals surface area contributed by atoms with Crippen LogP contribution in [0.2, 0.25) is 0 Å². The Morgan fingerprint density at radius 3 is 2.26 bits per heavy atom. The number of para-hydroxylation sites is 1. The van der Waals surface area contributed by atoms with E-state index in [1.54, 1.807) is 25.1 Å². The number of nitrogens with zero attached hydrogens (tertiary/aromatic N) is 2. The maximum atomic E-state index is 12.5. The summed E-state index contributed by atoms with van der Waals surface area (Å²) in [6, 6.07) is 26.0. The number of carbonyl (C=O) groups excluding carboxylic acids is 1. The van der Waals surface area contributed by atoms with Gasteiger partial charge in [-0.1, -0.05) is 67.6 Å². The van der Waals surface area contributed by atoms with Gasteiger partial charge in [-0.25, -0.2) is 17.8 Å². The van der Waals surface area contributed by atoms with E-state index in [-0.39, 0.29) is 10.8 Å². The van der Waals surface area contributed by atoms with E-state index in [1.165, 1.54) is 18.2 Å². The fourth-order valence-corrected chi connectivity index (χ4v) is 4.58. The van der Waals surface area contributed by atoms with Crippen LogP contribution >= 0.6 is 0 Å². The minimum Gasteiger partial charge on any atom is -0.348 e. The number of sulfonamides is 1. The summed E-state index contributed by atoms with van der Waals surface area (Å²) < 4.78 is 28.4. The van der Waals surface area contributed by atoms with Crippen molar-refractivity contribution in [1.29, 1.82) is 0 Å². The summed E-state index contributed by atoms with van der Waals surface area (Å²) in [5.74, 6) is -0.263. The van der Waals surface area contributed by atoms with Gasteiger partial charge in [0.05, 0.1) is 16.3 Å². The zero-order valence-corrected chi connectivity index (χ0v) is 20.1. The van der Waals surface area contributed by atoms with Crippen molar-refractivity contribution in [2.24, 2.45) is 0 Å². The Labute approximate surface area is 205 Å². The third-order valence-electron chi connectivity index (χ3n) is 5.26. The highest BCUT2D eigenvalue weighted by Gasteiger charge is 2.13. The van der Waals surface area contributed by atoms with Gasteiger partial charge in [0.1, 0.15) is 0 Å². The third kappa shape index (κ3) is 6.11. The second kappa shape index (κ2) is 10.9. The zero-order chi connectivity index (χ0) is 24.7. The first kappa shape index (κ1) is 24.1. The Kier molecular flexibility index (Phi) is 7.54. The molecule has 0 fully saturated rings. The third-order valence-corrected chi connectivity index (χ3v) is 6.82. The van der Waals surface area contributed by atoms with Gasteiger partial charge in [-0.2, -0.15) is 5.10 Å². The SMILES string of the molecule is CCNS(=O)(=O)c1ccc(/C=C/C(=O)NCc2cn(-c3ccccc3)nc2-c2ccccc2)cc1. The molecule has 1 heterocycles. The van der Waals surface area contributed by atoms with E-state index >= 15 is 0 Å².